The van der Waals surface area contributed by atoms with Crippen molar-refractivity contribution in [3.05, 3.63) is 12.2 Å². The maximum atomic E-state index is 11.8. The zero-order valence-corrected chi connectivity index (χ0v) is 13.0. The molecule has 1 rings (SSSR count). The molecule has 4 atom stereocenters. The molecule has 0 aromatic rings. The molecule has 3 unspecified atom stereocenters. The lowest BCUT2D eigenvalue weighted by Crippen LogP contribution is -2.39. The van der Waals surface area contributed by atoms with E-state index in [2.05, 4.69) is 20.4 Å². The van der Waals surface area contributed by atoms with Crippen LogP contribution in [-0.4, -0.2) is 24.1 Å². The predicted octanol–water partition coefficient (Wildman–Crippen LogP) is 3.25. The van der Waals surface area contributed by atoms with Crippen molar-refractivity contribution in [2.24, 2.45) is 11.8 Å². The number of hydrogen-bond acceptors (Lipinski definition) is 4. The highest BCUT2D eigenvalue weighted by atomic mass is 16.6. The third kappa shape index (κ3) is 4.66. The van der Waals surface area contributed by atoms with E-state index in [-0.39, 0.29) is 18.0 Å². The summed E-state index contributed by atoms with van der Waals surface area (Å²) in [5.41, 5.74) is 0.367. The maximum absolute atomic E-state index is 11.8. The molecule has 0 spiro atoms. The second kappa shape index (κ2) is 7.46. The van der Waals surface area contributed by atoms with Gasteiger partial charge < -0.3 is 9.47 Å². The van der Waals surface area contributed by atoms with Gasteiger partial charge in [0.25, 0.3) is 0 Å². The van der Waals surface area contributed by atoms with Gasteiger partial charge in [-0.05, 0) is 38.0 Å². The van der Waals surface area contributed by atoms with Gasteiger partial charge in [0, 0.05) is 12.0 Å². The Kier molecular flexibility index (Phi) is 6.24. The van der Waals surface area contributed by atoms with Crippen molar-refractivity contribution in [2.45, 2.75) is 65.6 Å². The van der Waals surface area contributed by atoms with Crippen LogP contribution in [0.5, 0.6) is 0 Å². The molecule has 0 aromatic heterocycles. The maximum Gasteiger partial charge on any atom is 0.333 e. The van der Waals surface area contributed by atoms with Crippen LogP contribution in [0, 0.1) is 11.8 Å². The quantitative estimate of drug-likeness (QED) is 0.589. The Morgan fingerprint density at radius 1 is 1.45 bits per heavy atom. The van der Waals surface area contributed by atoms with Gasteiger partial charge in [0.15, 0.2) is 0 Å². The van der Waals surface area contributed by atoms with Crippen molar-refractivity contribution in [2.75, 3.05) is 0 Å². The SMILES string of the molecule is C=C(C)C(=O)OC1C(C)C[C@@H](C)CCC(=O)OC1CC. The van der Waals surface area contributed by atoms with Crippen molar-refractivity contribution in [3.63, 3.8) is 0 Å². The zero-order valence-electron chi connectivity index (χ0n) is 13.0. The van der Waals surface area contributed by atoms with Crippen LogP contribution in [0.1, 0.15) is 53.4 Å². The molecule has 0 aromatic carbocycles. The fraction of sp³-hybridized carbons (Fsp3) is 0.750. The van der Waals surface area contributed by atoms with Crippen LogP contribution in [0.15, 0.2) is 12.2 Å². The van der Waals surface area contributed by atoms with Crippen molar-refractivity contribution in [1.82, 2.24) is 0 Å². The first-order chi connectivity index (χ1) is 9.35. The molecule has 20 heavy (non-hydrogen) atoms. The van der Waals surface area contributed by atoms with E-state index in [9.17, 15) is 9.59 Å². The summed E-state index contributed by atoms with van der Waals surface area (Å²) < 4.78 is 11.0. The topological polar surface area (TPSA) is 52.6 Å². The van der Waals surface area contributed by atoms with E-state index < -0.39 is 12.1 Å². The van der Waals surface area contributed by atoms with Crippen LogP contribution in [-0.2, 0) is 19.1 Å². The van der Waals surface area contributed by atoms with Crippen LogP contribution in [0.3, 0.4) is 0 Å². The largest absolute Gasteiger partial charge is 0.458 e. The summed E-state index contributed by atoms with van der Waals surface area (Å²) in [4.78, 5) is 23.6. The molecule has 1 heterocycles. The highest BCUT2D eigenvalue weighted by molar-refractivity contribution is 5.87. The molecule has 0 saturated carbocycles. The van der Waals surface area contributed by atoms with Crippen LogP contribution in [0.4, 0.5) is 0 Å². The van der Waals surface area contributed by atoms with Gasteiger partial charge in [-0.2, -0.15) is 0 Å². The number of rotatable bonds is 3. The highest BCUT2D eigenvalue weighted by Crippen LogP contribution is 2.28. The number of esters is 2. The summed E-state index contributed by atoms with van der Waals surface area (Å²) in [6, 6.07) is 0. The van der Waals surface area contributed by atoms with E-state index in [0.29, 0.717) is 24.3 Å². The standard InChI is InChI=1S/C16H26O4/c1-6-13-15(20-16(18)10(2)3)12(5)9-11(4)7-8-14(17)19-13/h11-13,15H,2,6-9H2,1,3-5H3/t11-,12?,13?,15?/m0/s1. The number of cyclic esters (lactones) is 1. The molecule has 114 valence electrons. The lowest BCUT2D eigenvalue weighted by Gasteiger charge is -2.30. The minimum Gasteiger partial charge on any atom is -0.458 e. The van der Waals surface area contributed by atoms with Crippen molar-refractivity contribution < 1.29 is 19.1 Å². The third-order valence-electron chi connectivity index (χ3n) is 3.82. The van der Waals surface area contributed by atoms with Crippen LogP contribution in [0.25, 0.3) is 0 Å². The second-order valence-electron chi connectivity index (χ2n) is 5.94. The average Bonchev–Trinajstić information content (AvgIpc) is 2.43. The van der Waals surface area contributed by atoms with Gasteiger partial charge in [0.1, 0.15) is 12.2 Å². The molecular weight excluding hydrogens is 256 g/mol. The van der Waals surface area contributed by atoms with Gasteiger partial charge in [-0.3, -0.25) is 4.79 Å². The summed E-state index contributed by atoms with van der Waals surface area (Å²) in [6.07, 6.45) is 2.05. The van der Waals surface area contributed by atoms with Gasteiger partial charge in [0.2, 0.25) is 0 Å². The van der Waals surface area contributed by atoms with Crippen LogP contribution < -0.4 is 0 Å². The summed E-state index contributed by atoms with van der Waals surface area (Å²) in [7, 11) is 0. The van der Waals surface area contributed by atoms with Crippen molar-refractivity contribution in [1.29, 1.82) is 0 Å². The molecule has 1 saturated heterocycles. The molecule has 0 radical (unpaired) electrons. The highest BCUT2D eigenvalue weighted by Gasteiger charge is 2.34. The monoisotopic (exact) mass is 282 g/mol. The lowest BCUT2D eigenvalue weighted by atomic mass is 9.88. The Balaban J connectivity index is 2.92. The molecule has 0 N–H and O–H groups in total. The van der Waals surface area contributed by atoms with E-state index in [1.165, 1.54) is 0 Å². The van der Waals surface area contributed by atoms with Crippen molar-refractivity contribution >= 4 is 11.9 Å². The number of carbonyl (C=O) groups is 2. The molecular formula is C16H26O4. The third-order valence-corrected chi connectivity index (χ3v) is 3.82. The summed E-state index contributed by atoms with van der Waals surface area (Å²) in [6.45, 7) is 11.3. The van der Waals surface area contributed by atoms with E-state index in [4.69, 9.17) is 9.47 Å². The lowest BCUT2D eigenvalue weighted by molar-refractivity contribution is -0.169. The Morgan fingerprint density at radius 2 is 2.10 bits per heavy atom. The van der Waals surface area contributed by atoms with E-state index >= 15 is 0 Å². The summed E-state index contributed by atoms with van der Waals surface area (Å²) in [5.74, 6) is -0.0410. The molecule has 1 aliphatic heterocycles. The van der Waals surface area contributed by atoms with Gasteiger partial charge >= 0.3 is 11.9 Å². The van der Waals surface area contributed by atoms with Gasteiger partial charge in [0.05, 0.1) is 0 Å². The predicted molar refractivity (Wildman–Crippen MR) is 77.0 cm³/mol. The normalized spacial score (nSPS) is 31.5. The molecule has 0 aliphatic carbocycles. The fourth-order valence-electron chi connectivity index (χ4n) is 2.64. The smallest absolute Gasteiger partial charge is 0.333 e. The fourth-order valence-corrected chi connectivity index (χ4v) is 2.64. The Labute approximate surface area is 121 Å². The molecule has 4 nitrogen and oxygen atoms in total. The van der Waals surface area contributed by atoms with E-state index in [1.54, 1.807) is 6.92 Å². The first-order valence-electron chi connectivity index (χ1n) is 7.41. The van der Waals surface area contributed by atoms with Gasteiger partial charge in [-0.15, -0.1) is 0 Å². The van der Waals surface area contributed by atoms with Crippen molar-refractivity contribution in [3.8, 4) is 0 Å². The van der Waals surface area contributed by atoms with Crippen LogP contribution in [0.2, 0.25) is 0 Å². The number of ether oxygens (including phenoxy) is 2. The molecule has 0 amide bonds. The van der Waals surface area contributed by atoms with Crippen LogP contribution >= 0.6 is 0 Å². The first-order valence-corrected chi connectivity index (χ1v) is 7.41. The summed E-state index contributed by atoms with van der Waals surface area (Å²) >= 11 is 0. The second-order valence-corrected chi connectivity index (χ2v) is 5.94. The minimum absolute atomic E-state index is 0.157. The Hall–Kier alpha value is -1.32. The average molecular weight is 282 g/mol. The van der Waals surface area contributed by atoms with Gasteiger partial charge in [-0.25, -0.2) is 4.79 Å². The Bertz CT molecular complexity index is 375. The number of carbonyl (C=O) groups excluding carboxylic acids is 2. The first kappa shape index (κ1) is 16.7. The molecule has 1 aliphatic rings. The molecule has 1 fully saturated rings. The van der Waals surface area contributed by atoms with E-state index in [1.807, 2.05) is 6.92 Å². The number of hydrogen-bond donors (Lipinski definition) is 0. The Morgan fingerprint density at radius 3 is 2.65 bits per heavy atom. The molecule has 0 bridgehead atoms. The van der Waals surface area contributed by atoms with E-state index in [0.717, 1.165) is 12.8 Å². The minimum atomic E-state index is -0.414. The summed E-state index contributed by atoms with van der Waals surface area (Å²) in [5, 5.41) is 0. The van der Waals surface area contributed by atoms with Gasteiger partial charge in [-0.1, -0.05) is 27.4 Å². The molecule has 4 heteroatoms. The zero-order chi connectivity index (χ0) is 15.3.